The summed E-state index contributed by atoms with van der Waals surface area (Å²) < 4.78 is 10.5. The van der Waals surface area contributed by atoms with Gasteiger partial charge in [-0.3, -0.25) is 9.59 Å². The average Bonchev–Trinajstić information content (AvgIpc) is 2.93. The van der Waals surface area contributed by atoms with Crippen LogP contribution < -0.4 is 0 Å². The van der Waals surface area contributed by atoms with E-state index in [1.807, 2.05) is 6.92 Å². The Bertz CT molecular complexity index is 427. The summed E-state index contributed by atoms with van der Waals surface area (Å²) in [5.41, 5.74) is 0. The highest BCUT2D eigenvalue weighted by Crippen LogP contribution is 2.16. The second-order valence-corrected chi connectivity index (χ2v) is 4.67. The van der Waals surface area contributed by atoms with Crippen molar-refractivity contribution in [1.29, 1.82) is 0 Å². The smallest absolute Gasteiger partial charge is 0.222 e. The number of furan rings is 1. The molecule has 19 heavy (non-hydrogen) atoms. The van der Waals surface area contributed by atoms with Crippen LogP contribution >= 0.6 is 0 Å². The van der Waals surface area contributed by atoms with Crippen LogP contribution in [0.5, 0.6) is 0 Å². The van der Waals surface area contributed by atoms with Gasteiger partial charge in [0.2, 0.25) is 5.91 Å². The van der Waals surface area contributed by atoms with Crippen molar-refractivity contribution in [3.05, 3.63) is 24.2 Å². The Kier molecular flexibility index (Phi) is 4.74. The molecule has 1 amide bonds. The van der Waals surface area contributed by atoms with E-state index in [1.54, 1.807) is 17.0 Å². The number of ketones is 1. The predicted molar refractivity (Wildman–Crippen MR) is 68.9 cm³/mol. The van der Waals surface area contributed by atoms with Crippen molar-refractivity contribution in [2.45, 2.75) is 32.2 Å². The Hall–Kier alpha value is -1.62. The highest BCUT2D eigenvalue weighted by atomic mass is 16.5. The number of rotatable bonds is 5. The van der Waals surface area contributed by atoms with E-state index >= 15 is 0 Å². The van der Waals surface area contributed by atoms with E-state index in [0.717, 1.165) is 6.42 Å². The monoisotopic (exact) mass is 265 g/mol. The van der Waals surface area contributed by atoms with Crippen LogP contribution in [0.3, 0.4) is 0 Å². The molecule has 5 nitrogen and oxygen atoms in total. The molecule has 0 spiro atoms. The van der Waals surface area contributed by atoms with Crippen LogP contribution in [0.4, 0.5) is 0 Å². The summed E-state index contributed by atoms with van der Waals surface area (Å²) in [7, 11) is 0. The highest BCUT2D eigenvalue weighted by molar-refractivity contribution is 5.94. The lowest BCUT2D eigenvalue weighted by molar-refractivity contribution is -0.139. The van der Waals surface area contributed by atoms with Crippen LogP contribution in [0.1, 0.15) is 36.7 Å². The molecule has 2 heterocycles. The fourth-order valence-electron chi connectivity index (χ4n) is 2.26. The molecule has 1 fully saturated rings. The summed E-state index contributed by atoms with van der Waals surface area (Å²) in [4.78, 5) is 25.8. The first kappa shape index (κ1) is 13.8. The summed E-state index contributed by atoms with van der Waals surface area (Å²) in [6, 6.07) is 3.15. The quantitative estimate of drug-likeness (QED) is 0.763. The number of amides is 1. The topological polar surface area (TPSA) is 59.8 Å². The lowest BCUT2D eigenvalue weighted by Gasteiger charge is -2.35. The van der Waals surface area contributed by atoms with Crippen LogP contribution in [0, 0.1) is 0 Å². The number of nitrogens with zero attached hydrogens (tertiary/aromatic N) is 1. The van der Waals surface area contributed by atoms with Gasteiger partial charge in [0.1, 0.15) is 0 Å². The van der Waals surface area contributed by atoms with Gasteiger partial charge in [-0.15, -0.1) is 0 Å². The number of hydrogen-bond donors (Lipinski definition) is 0. The Morgan fingerprint density at radius 3 is 3.00 bits per heavy atom. The van der Waals surface area contributed by atoms with E-state index in [1.165, 1.54) is 6.26 Å². The zero-order chi connectivity index (χ0) is 13.7. The van der Waals surface area contributed by atoms with Gasteiger partial charge in [0.05, 0.1) is 25.5 Å². The standard InChI is InChI=1S/C14H19NO4/c1-2-4-14(17)15-6-8-18-10-11(15)9-12(16)13-5-3-7-19-13/h3,5,7,11H,2,4,6,8-10H2,1H3/t11-/m0/s1. The van der Waals surface area contributed by atoms with Gasteiger partial charge in [-0.25, -0.2) is 0 Å². The van der Waals surface area contributed by atoms with E-state index in [0.29, 0.717) is 31.9 Å². The van der Waals surface area contributed by atoms with Crippen molar-refractivity contribution < 1.29 is 18.7 Å². The van der Waals surface area contributed by atoms with Gasteiger partial charge in [-0.1, -0.05) is 6.92 Å². The molecule has 104 valence electrons. The molecule has 0 saturated carbocycles. The minimum atomic E-state index is -0.176. The van der Waals surface area contributed by atoms with Gasteiger partial charge >= 0.3 is 0 Å². The first-order valence-corrected chi connectivity index (χ1v) is 6.66. The van der Waals surface area contributed by atoms with Crippen molar-refractivity contribution in [1.82, 2.24) is 4.90 Å². The molecule has 0 aliphatic carbocycles. The molecule has 1 aromatic rings. The Labute approximate surface area is 112 Å². The lowest BCUT2D eigenvalue weighted by atomic mass is 10.1. The van der Waals surface area contributed by atoms with E-state index < -0.39 is 0 Å². The van der Waals surface area contributed by atoms with E-state index in [2.05, 4.69) is 0 Å². The molecule has 2 rings (SSSR count). The Morgan fingerprint density at radius 2 is 2.32 bits per heavy atom. The molecule has 1 saturated heterocycles. The predicted octanol–water partition coefficient (Wildman–Crippen LogP) is 1.88. The SMILES string of the molecule is CCCC(=O)N1CCOC[C@@H]1CC(=O)c1ccco1. The van der Waals surface area contributed by atoms with Crippen molar-refractivity contribution in [3.8, 4) is 0 Å². The number of carbonyl (C=O) groups is 2. The summed E-state index contributed by atoms with van der Waals surface area (Å²) in [6.07, 6.45) is 3.06. The first-order chi connectivity index (χ1) is 9.22. The lowest BCUT2D eigenvalue weighted by Crippen LogP contribution is -2.49. The highest BCUT2D eigenvalue weighted by Gasteiger charge is 2.29. The molecule has 1 atom stereocenters. The van der Waals surface area contributed by atoms with Crippen molar-refractivity contribution in [2.24, 2.45) is 0 Å². The molecule has 0 unspecified atom stereocenters. The molecule has 0 bridgehead atoms. The maximum Gasteiger partial charge on any atom is 0.222 e. The van der Waals surface area contributed by atoms with Crippen molar-refractivity contribution in [3.63, 3.8) is 0 Å². The van der Waals surface area contributed by atoms with Crippen LogP contribution in [0.2, 0.25) is 0 Å². The molecule has 0 N–H and O–H groups in total. The first-order valence-electron chi connectivity index (χ1n) is 6.66. The van der Waals surface area contributed by atoms with Gasteiger partial charge in [0.25, 0.3) is 0 Å². The van der Waals surface area contributed by atoms with Crippen molar-refractivity contribution >= 4 is 11.7 Å². The van der Waals surface area contributed by atoms with Crippen LogP contribution in [-0.4, -0.2) is 42.4 Å². The third-order valence-electron chi connectivity index (χ3n) is 3.23. The summed E-state index contributed by atoms with van der Waals surface area (Å²) in [6.45, 7) is 3.50. The molecular weight excluding hydrogens is 246 g/mol. The van der Waals surface area contributed by atoms with Gasteiger partial charge in [-0.2, -0.15) is 0 Å². The number of hydrogen-bond acceptors (Lipinski definition) is 4. The van der Waals surface area contributed by atoms with Gasteiger partial charge in [0.15, 0.2) is 11.5 Å². The molecule has 0 radical (unpaired) electrons. The van der Waals surface area contributed by atoms with Gasteiger partial charge < -0.3 is 14.1 Å². The molecule has 1 aliphatic rings. The number of morpholine rings is 1. The third kappa shape index (κ3) is 3.44. The van der Waals surface area contributed by atoms with Crippen molar-refractivity contribution in [2.75, 3.05) is 19.8 Å². The van der Waals surface area contributed by atoms with Crippen LogP contribution in [-0.2, 0) is 9.53 Å². The molecule has 0 aromatic carbocycles. The molecular formula is C14H19NO4. The Balaban J connectivity index is 1.99. The minimum Gasteiger partial charge on any atom is -0.461 e. The fourth-order valence-corrected chi connectivity index (χ4v) is 2.26. The number of ether oxygens (including phenoxy) is 1. The average molecular weight is 265 g/mol. The Morgan fingerprint density at radius 1 is 1.47 bits per heavy atom. The van der Waals surface area contributed by atoms with Crippen LogP contribution in [0.25, 0.3) is 0 Å². The van der Waals surface area contributed by atoms with E-state index in [4.69, 9.17) is 9.15 Å². The molecule has 1 aromatic heterocycles. The third-order valence-corrected chi connectivity index (χ3v) is 3.23. The van der Waals surface area contributed by atoms with E-state index in [-0.39, 0.29) is 24.2 Å². The normalized spacial score (nSPS) is 19.4. The second-order valence-electron chi connectivity index (χ2n) is 4.67. The fraction of sp³-hybridized carbons (Fsp3) is 0.571. The van der Waals surface area contributed by atoms with E-state index in [9.17, 15) is 9.59 Å². The summed E-state index contributed by atoms with van der Waals surface area (Å²) in [5.74, 6) is 0.353. The number of Topliss-reactive ketones (excluding diaryl/α,β-unsaturated/α-hetero) is 1. The second kappa shape index (κ2) is 6.52. The summed E-state index contributed by atoms with van der Waals surface area (Å²) >= 11 is 0. The summed E-state index contributed by atoms with van der Waals surface area (Å²) in [5, 5.41) is 0. The minimum absolute atomic E-state index is 0.0881. The maximum atomic E-state index is 12.0. The molecule has 1 aliphatic heterocycles. The van der Waals surface area contributed by atoms with Crippen LogP contribution in [0.15, 0.2) is 22.8 Å². The largest absolute Gasteiger partial charge is 0.461 e. The zero-order valence-corrected chi connectivity index (χ0v) is 11.1. The number of carbonyl (C=O) groups excluding carboxylic acids is 2. The van der Waals surface area contributed by atoms with Gasteiger partial charge in [0, 0.05) is 19.4 Å². The molecule has 5 heteroatoms. The maximum absolute atomic E-state index is 12.0. The zero-order valence-electron chi connectivity index (χ0n) is 11.1. The van der Waals surface area contributed by atoms with Gasteiger partial charge in [-0.05, 0) is 18.6 Å².